The van der Waals surface area contributed by atoms with Gasteiger partial charge in [0.05, 0.1) is 5.92 Å². The fraction of sp³-hybridized carbons (Fsp3) is 0.500. The first-order valence-electron chi connectivity index (χ1n) is 6.18. The van der Waals surface area contributed by atoms with E-state index in [9.17, 15) is 4.79 Å². The minimum atomic E-state index is 0.0737. The van der Waals surface area contributed by atoms with E-state index in [1.54, 1.807) is 4.90 Å². The van der Waals surface area contributed by atoms with Crippen molar-refractivity contribution in [2.45, 2.75) is 19.8 Å². The lowest BCUT2D eigenvalue weighted by Gasteiger charge is -2.27. The van der Waals surface area contributed by atoms with Crippen molar-refractivity contribution in [3.8, 4) is 0 Å². The minimum absolute atomic E-state index is 0.0737. The standard InChI is InChI=1S/C14H20N2O/c1-4-10-5-6-13-11(7-10)8-12(9-15-13)14(17)16(2)3/h5-7,12,15H,4,8-9H2,1-3H3/t12-/m0/s1. The quantitative estimate of drug-likeness (QED) is 0.845. The number of anilines is 1. The largest absolute Gasteiger partial charge is 0.384 e. The average Bonchev–Trinajstić information content (AvgIpc) is 2.36. The Labute approximate surface area is 103 Å². The van der Waals surface area contributed by atoms with Gasteiger partial charge in [-0.15, -0.1) is 0 Å². The molecule has 0 bridgehead atoms. The van der Waals surface area contributed by atoms with Crippen LogP contribution >= 0.6 is 0 Å². The molecule has 3 heteroatoms. The van der Waals surface area contributed by atoms with Crippen molar-refractivity contribution >= 4 is 11.6 Å². The van der Waals surface area contributed by atoms with Gasteiger partial charge in [-0.25, -0.2) is 0 Å². The summed E-state index contributed by atoms with van der Waals surface area (Å²) in [5.41, 5.74) is 3.80. The Hall–Kier alpha value is -1.51. The maximum absolute atomic E-state index is 11.9. The van der Waals surface area contributed by atoms with E-state index >= 15 is 0 Å². The summed E-state index contributed by atoms with van der Waals surface area (Å²) < 4.78 is 0. The van der Waals surface area contributed by atoms with Crippen LogP contribution in [0.2, 0.25) is 0 Å². The van der Waals surface area contributed by atoms with Gasteiger partial charge in [0.2, 0.25) is 5.91 Å². The number of carbonyl (C=O) groups excluding carboxylic acids is 1. The zero-order valence-electron chi connectivity index (χ0n) is 10.8. The van der Waals surface area contributed by atoms with Gasteiger partial charge in [-0.05, 0) is 30.0 Å². The van der Waals surface area contributed by atoms with Gasteiger partial charge in [0.15, 0.2) is 0 Å². The summed E-state index contributed by atoms with van der Waals surface area (Å²) in [6.45, 7) is 2.90. The third-order valence-corrected chi connectivity index (χ3v) is 3.37. The first-order valence-corrected chi connectivity index (χ1v) is 6.18. The number of amides is 1. The first kappa shape index (κ1) is 12.0. The highest BCUT2D eigenvalue weighted by molar-refractivity contribution is 5.80. The van der Waals surface area contributed by atoms with Crippen LogP contribution in [0.1, 0.15) is 18.1 Å². The minimum Gasteiger partial charge on any atom is -0.384 e. The maximum atomic E-state index is 11.9. The summed E-state index contributed by atoms with van der Waals surface area (Å²) in [4.78, 5) is 13.6. The van der Waals surface area contributed by atoms with E-state index in [-0.39, 0.29) is 11.8 Å². The van der Waals surface area contributed by atoms with Crippen LogP contribution in [0.3, 0.4) is 0 Å². The number of hydrogen-bond acceptors (Lipinski definition) is 2. The van der Waals surface area contributed by atoms with Crippen molar-refractivity contribution in [3.63, 3.8) is 0 Å². The van der Waals surface area contributed by atoms with Crippen molar-refractivity contribution in [2.24, 2.45) is 5.92 Å². The predicted molar refractivity (Wildman–Crippen MR) is 70.2 cm³/mol. The fourth-order valence-corrected chi connectivity index (χ4v) is 2.32. The summed E-state index contributed by atoms with van der Waals surface area (Å²) in [6, 6.07) is 6.50. The SMILES string of the molecule is CCc1ccc2c(c1)C[C@H](C(=O)N(C)C)CN2. The lowest BCUT2D eigenvalue weighted by Crippen LogP contribution is -2.37. The second kappa shape index (κ2) is 4.78. The molecule has 1 aromatic rings. The molecule has 0 radical (unpaired) electrons. The Morgan fingerprint density at radius 3 is 2.88 bits per heavy atom. The van der Waals surface area contributed by atoms with E-state index in [1.165, 1.54) is 16.8 Å². The third kappa shape index (κ3) is 2.43. The monoisotopic (exact) mass is 232 g/mol. The molecule has 1 aliphatic heterocycles. The molecule has 3 nitrogen and oxygen atoms in total. The highest BCUT2D eigenvalue weighted by atomic mass is 16.2. The zero-order chi connectivity index (χ0) is 12.4. The third-order valence-electron chi connectivity index (χ3n) is 3.37. The van der Waals surface area contributed by atoms with Gasteiger partial charge >= 0.3 is 0 Å². The molecule has 1 aliphatic rings. The first-order chi connectivity index (χ1) is 8.11. The summed E-state index contributed by atoms with van der Waals surface area (Å²) in [7, 11) is 3.64. The topological polar surface area (TPSA) is 32.3 Å². The number of aryl methyl sites for hydroxylation is 1. The van der Waals surface area contributed by atoms with Gasteiger partial charge in [0.1, 0.15) is 0 Å². The number of rotatable bonds is 2. The molecule has 1 aromatic carbocycles. The molecule has 0 fully saturated rings. The van der Waals surface area contributed by atoms with Crippen LogP contribution in [0, 0.1) is 5.92 Å². The van der Waals surface area contributed by atoms with E-state index in [4.69, 9.17) is 0 Å². The molecule has 0 spiro atoms. The molecular weight excluding hydrogens is 212 g/mol. The molecule has 0 aromatic heterocycles. The molecule has 0 saturated carbocycles. The summed E-state index contributed by atoms with van der Waals surface area (Å²) >= 11 is 0. The van der Waals surface area contributed by atoms with Gasteiger partial charge in [-0.3, -0.25) is 4.79 Å². The van der Waals surface area contributed by atoms with Gasteiger partial charge in [0.25, 0.3) is 0 Å². The van der Waals surface area contributed by atoms with Crippen LogP contribution in [-0.4, -0.2) is 31.4 Å². The molecule has 1 N–H and O–H groups in total. The highest BCUT2D eigenvalue weighted by Gasteiger charge is 2.25. The predicted octanol–water partition coefficient (Wildman–Crippen LogP) is 1.92. The smallest absolute Gasteiger partial charge is 0.227 e. The Kier molecular flexibility index (Phi) is 3.36. The van der Waals surface area contributed by atoms with Crippen LogP contribution in [-0.2, 0) is 17.6 Å². The summed E-state index contributed by atoms with van der Waals surface area (Å²) in [5.74, 6) is 0.287. The van der Waals surface area contributed by atoms with Crippen molar-refractivity contribution in [3.05, 3.63) is 29.3 Å². The molecule has 0 aliphatic carbocycles. The molecule has 1 amide bonds. The van der Waals surface area contributed by atoms with Crippen LogP contribution < -0.4 is 5.32 Å². The lowest BCUT2D eigenvalue weighted by atomic mass is 9.91. The second-order valence-electron chi connectivity index (χ2n) is 4.86. The zero-order valence-corrected chi connectivity index (χ0v) is 10.8. The normalized spacial score (nSPS) is 18.2. The Morgan fingerprint density at radius 1 is 1.47 bits per heavy atom. The number of fused-ring (bicyclic) bond motifs is 1. The second-order valence-corrected chi connectivity index (χ2v) is 4.86. The van der Waals surface area contributed by atoms with E-state index in [2.05, 4.69) is 30.4 Å². The highest BCUT2D eigenvalue weighted by Crippen LogP contribution is 2.26. The number of nitrogens with zero attached hydrogens (tertiary/aromatic N) is 1. The number of nitrogens with one attached hydrogen (secondary N) is 1. The van der Waals surface area contributed by atoms with E-state index in [0.29, 0.717) is 0 Å². The molecule has 1 heterocycles. The summed E-state index contributed by atoms with van der Waals surface area (Å²) in [6.07, 6.45) is 1.90. The molecule has 0 unspecified atom stereocenters. The van der Waals surface area contributed by atoms with Gasteiger partial charge in [-0.1, -0.05) is 19.1 Å². The molecular formula is C14H20N2O. The van der Waals surface area contributed by atoms with Crippen LogP contribution in [0.15, 0.2) is 18.2 Å². The maximum Gasteiger partial charge on any atom is 0.227 e. The molecule has 1 atom stereocenters. The molecule has 17 heavy (non-hydrogen) atoms. The Balaban J connectivity index is 2.19. The number of benzene rings is 1. The van der Waals surface area contributed by atoms with Crippen molar-refractivity contribution in [2.75, 3.05) is 26.0 Å². The van der Waals surface area contributed by atoms with E-state index in [1.807, 2.05) is 14.1 Å². The van der Waals surface area contributed by atoms with Gasteiger partial charge in [-0.2, -0.15) is 0 Å². The fourth-order valence-electron chi connectivity index (χ4n) is 2.32. The lowest BCUT2D eigenvalue weighted by molar-refractivity contribution is -0.132. The molecule has 92 valence electrons. The Bertz CT molecular complexity index is 426. The van der Waals surface area contributed by atoms with E-state index in [0.717, 1.165) is 19.4 Å². The van der Waals surface area contributed by atoms with Crippen LogP contribution in [0.4, 0.5) is 5.69 Å². The van der Waals surface area contributed by atoms with Gasteiger partial charge in [0, 0.05) is 26.3 Å². The van der Waals surface area contributed by atoms with Crippen LogP contribution in [0.5, 0.6) is 0 Å². The number of hydrogen-bond donors (Lipinski definition) is 1. The number of carbonyl (C=O) groups is 1. The van der Waals surface area contributed by atoms with Crippen molar-refractivity contribution in [1.29, 1.82) is 0 Å². The van der Waals surface area contributed by atoms with Gasteiger partial charge < -0.3 is 10.2 Å². The Morgan fingerprint density at radius 2 is 2.24 bits per heavy atom. The van der Waals surface area contributed by atoms with Crippen molar-refractivity contribution in [1.82, 2.24) is 4.90 Å². The van der Waals surface area contributed by atoms with Crippen molar-refractivity contribution < 1.29 is 4.79 Å². The van der Waals surface area contributed by atoms with E-state index < -0.39 is 0 Å². The summed E-state index contributed by atoms with van der Waals surface area (Å²) in [5, 5.41) is 3.35. The molecule has 0 saturated heterocycles. The average molecular weight is 232 g/mol. The van der Waals surface area contributed by atoms with Crippen LogP contribution in [0.25, 0.3) is 0 Å². The molecule has 2 rings (SSSR count).